The van der Waals surface area contributed by atoms with Crippen molar-refractivity contribution in [2.45, 2.75) is 19.3 Å². The third-order valence-electron chi connectivity index (χ3n) is 9.81. The number of rotatable bonds is 2. The minimum Gasteiger partial charge on any atom is -0.0619 e. The molecule has 0 nitrogen and oxygen atoms in total. The molecule has 0 spiro atoms. The topological polar surface area (TPSA) is 0 Å². The lowest BCUT2D eigenvalue weighted by Gasteiger charge is -2.27. The molecule has 0 amide bonds. The average molecular weight is 547 g/mol. The first-order valence-electron chi connectivity index (χ1n) is 15.2. The van der Waals surface area contributed by atoms with Crippen LogP contribution in [-0.2, 0) is 5.41 Å². The third kappa shape index (κ3) is 3.32. The second kappa shape index (κ2) is 8.90. The van der Waals surface area contributed by atoms with Crippen LogP contribution < -0.4 is 0 Å². The highest BCUT2D eigenvalue weighted by Crippen LogP contribution is 2.56. The van der Waals surface area contributed by atoms with Crippen molar-refractivity contribution in [3.05, 3.63) is 157 Å². The molecular weight excluding hydrogens is 516 g/mol. The zero-order valence-electron chi connectivity index (χ0n) is 24.4. The quantitative estimate of drug-likeness (QED) is 0.189. The molecular formula is C43H30. The Kier molecular flexibility index (Phi) is 5.05. The monoisotopic (exact) mass is 546 g/mol. The summed E-state index contributed by atoms with van der Waals surface area (Å²) in [5, 5.41) is 10.3. The highest BCUT2D eigenvalue weighted by Gasteiger charge is 2.39. The summed E-state index contributed by atoms with van der Waals surface area (Å²) in [4.78, 5) is 0. The molecule has 43 heavy (non-hydrogen) atoms. The van der Waals surface area contributed by atoms with Crippen molar-refractivity contribution >= 4 is 43.1 Å². The molecule has 8 aromatic rings. The van der Waals surface area contributed by atoms with E-state index < -0.39 is 0 Å². The van der Waals surface area contributed by atoms with Gasteiger partial charge in [-0.3, -0.25) is 0 Å². The summed E-state index contributed by atoms with van der Waals surface area (Å²) in [7, 11) is 0. The molecule has 9 rings (SSSR count). The van der Waals surface area contributed by atoms with E-state index in [1.54, 1.807) is 0 Å². The van der Waals surface area contributed by atoms with E-state index in [1.165, 1.54) is 87.6 Å². The van der Waals surface area contributed by atoms with Gasteiger partial charge in [0.05, 0.1) is 0 Å². The molecule has 1 aliphatic rings. The number of hydrogen-bond donors (Lipinski definition) is 0. The lowest BCUT2D eigenvalue weighted by molar-refractivity contribution is 0.663. The van der Waals surface area contributed by atoms with Crippen molar-refractivity contribution in [2.24, 2.45) is 0 Å². The van der Waals surface area contributed by atoms with Crippen molar-refractivity contribution in [2.75, 3.05) is 0 Å². The Morgan fingerprint density at radius 2 is 0.837 bits per heavy atom. The zero-order chi connectivity index (χ0) is 28.7. The van der Waals surface area contributed by atoms with Crippen molar-refractivity contribution in [1.29, 1.82) is 0 Å². The molecule has 0 aromatic heterocycles. The van der Waals surface area contributed by atoms with Gasteiger partial charge in [0.2, 0.25) is 0 Å². The summed E-state index contributed by atoms with van der Waals surface area (Å²) in [6.45, 7) is 4.82. The summed E-state index contributed by atoms with van der Waals surface area (Å²) in [5.74, 6) is 0. The van der Waals surface area contributed by atoms with Gasteiger partial charge in [-0.25, -0.2) is 0 Å². The molecule has 202 valence electrons. The van der Waals surface area contributed by atoms with Gasteiger partial charge in [0.25, 0.3) is 0 Å². The van der Waals surface area contributed by atoms with Crippen LogP contribution in [0.2, 0.25) is 0 Å². The highest BCUT2D eigenvalue weighted by molar-refractivity contribution is 6.26. The Morgan fingerprint density at radius 3 is 1.53 bits per heavy atom. The molecule has 1 aliphatic carbocycles. The van der Waals surface area contributed by atoms with Crippen LogP contribution in [0.3, 0.4) is 0 Å². The maximum Gasteiger partial charge on any atom is 0.0165 e. The first-order chi connectivity index (χ1) is 21.1. The van der Waals surface area contributed by atoms with Crippen LogP contribution in [0.25, 0.3) is 76.5 Å². The Hall–Kier alpha value is -5.20. The molecule has 0 radical (unpaired) electrons. The van der Waals surface area contributed by atoms with Crippen LogP contribution in [-0.4, -0.2) is 0 Å². The molecule has 0 heteroatoms. The first-order valence-corrected chi connectivity index (χ1v) is 15.2. The minimum atomic E-state index is -0.137. The normalized spacial score (nSPS) is 13.5. The number of benzene rings is 8. The van der Waals surface area contributed by atoms with E-state index in [4.69, 9.17) is 0 Å². The van der Waals surface area contributed by atoms with Crippen LogP contribution >= 0.6 is 0 Å². The standard InChI is InChI=1S/C43H30/c1-43(2)38-25-12-11-19-31(38)37-26-28-15-4-6-18-30(28)41(42(37)43)40-35-22-9-7-20-33(35)39(34-21-8-10-23-36(34)40)32-24-13-16-27-14-3-5-17-29(27)32/h3-26H,1-2H3. The minimum absolute atomic E-state index is 0.137. The Morgan fingerprint density at radius 1 is 0.349 bits per heavy atom. The predicted molar refractivity (Wildman–Crippen MR) is 185 cm³/mol. The molecule has 0 fully saturated rings. The molecule has 0 N–H and O–H groups in total. The maximum absolute atomic E-state index is 2.43. The summed E-state index contributed by atoms with van der Waals surface area (Å²) >= 11 is 0. The fourth-order valence-electron chi connectivity index (χ4n) is 8.00. The highest BCUT2D eigenvalue weighted by atomic mass is 14.4. The van der Waals surface area contributed by atoms with E-state index in [0.29, 0.717) is 0 Å². The van der Waals surface area contributed by atoms with E-state index >= 15 is 0 Å². The molecule has 0 atom stereocenters. The third-order valence-corrected chi connectivity index (χ3v) is 9.81. The molecule has 0 unspecified atom stereocenters. The van der Waals surface area contributed by atoms with Gasteiger partial charge in [-0.05, 0) is 93.7 Å². The van der Waals surface area contributed by atoms with Gasteiger partial charge in [0.1, 0.15) is 0 Å². The lowest BCUT2D eigenvalue weighted by Crippen LogP contribution is -2.16. The Labute approximate surface area is 251 Å². The smallest absolute Gasteiger partial charge is 0.0165 e. The van der Waals surface area contributed by atoms with E-state index in [0.717, 1.165) is 0 Å². The van der Waals surface area contributed by atoms with Crippen LogP contribution in [0.1, 0.15) is 25.0 Å². The van der Waals surface area contributed by atoms with Gasteiger partial charge >= 0.3 is 0 Å². The van der Waals surface area contributed by atoms with Gasteiger partial charge in [0.15, 0.2) is 0 Å². The fourth-order valence-corrected chi connectivity index (χ4v) is 8.00. The van der Waals surface area contributed by atoms with Gasteiger partial charge in [0, 0.05) is 5.41 Å². The SMILES string of the molecule is CC1(C)c2ccccc2-c2cc3ccccc3c(-c3c4ccccc4c(-c4cccc5ccccc45)c4ccccc34)c21. The van der Waals surface area contributed by atoms with Crippen LogP contribution in [0.4, 0.5) is 0 Å². The molecule has 0 saturated heterocycles. The second-order valence-corrected chi connectivity index (χ2v) is 12.4. The summed E-state index contributed by atoms with van der Waals surface area (Å²) < 4.78 is 0. The van der Waals surface area contributed by atoms with Crippen molar-refractivity contribution < 1.29 is 0 Å². The van der Waals surface area contributed by atoms with Crippen molar-refractivity contribution in [1.82, 2.24) is 0 Å². The van der Waals surface area contributed by atoms with E-state index in [-0.39, 0.29) is 5.41 Å². The van der Waals surface area contributed by atoms with Crippen LogP contribution in [0.5, 0.6) is 0 Å². The summed E-state index contributed by atoms with van der Waals surface area (Å²) in [5.41, 5.74) is 10.7. The van der Waals surface area contributed by atoms with Crippen LogP contribution in [0, 0.1) is 0 Å². The Balaban J connectivity index is 1.51. The maximum atomic E-state index is 2.43. The molecule has 0 heterocycles. The fraction of sp³-hybridized carbons (Fsp3) is 0.0698. The molecule has 0 saturated carbocycles. The number of fused-ring (bicyclic) bond motifs is 7. The van der Waals surface area contributed by atoms with Gasteiger partial charge in [-0.15, -0.1) is 0 Å². The van der Waals surface area contributed by atoms with Crippen molar-refractivity contribution in [3.8, 4) is 33.4 Å². The lowest BCUT2D eigenvalue weighted by atomic mass is 9.75. The second-order valence-electron chi connectivity index (χ2n) is 12.4. The largest absolute Gasteiger partial charge is 0.0619 e. The summed E-state index contributed by atoms with van der Waals surface area (Å²) in [6, 6.07) is 54.0. The first kappa shape index (κ1) is 24.4. The van der Waals surface area contributed by atoms with Gasteiger partial charge in [-0.2, -0.15) is 0 Å². The van der Waals surface area contributed by atoms with Crippen molar-refractivity contribution in [3.63, 3.8) is 0 Å². The molecule has 0 bridgehead atoms. The summed E-state index contributed by atoms with van der Waals surface area (Å²) in [6.07, 6.45) is 0. The predicted octanol–water partition coefficient (Wildman–Crippen LogP) is 11.9. The molecule has 8 aromatic carbocycles. The van der Waals surface area contributed by atoms with Crippen LogP contribution in [0.15, 0.2) is 146 Å². The zero-order valence-corrected chi connectivity index (χ0v) is 24.4. The Bertz CT molecular complexity index is 2360. The molecule has 0 aliphatic heterocycles. The van der Waals surface area contributed by atoms with E-state index in [2.05, 4.69) is 159 Å². The van der Waals surface area contributed by atoms with E-state index in [9.17, 15) is 0 Å². The van der Waals surface area contributed by atoms with E-state index in [1.807, 2.05) is 0 Å². The van der Waals surface area contributed by atoms with Gasteiger partial charge < -0.3 is 0 Å². The average Bonchev–Trinajstić information content (AvgIpc) is 3.28. The van der Waals surface area contributed by atoms with Gasteiger partial charge in [-0.1, -0.05) is 153 Å². The number of hydrogen-bond acceptors (Lipinski definition) is 0.